The van der Waals surface area contributed by atoms with E-state index in [1.807, 2.05) is 0 Å². The van der Waals surface area contributed by atoms with Crippen LogP contribution >= 0.6 is 12.9 Å². The van der Waals surface area contributed by atoms with E-state index >= 15 is 0 Å². The van der Waals surface area contributed by atoms with Crippen LogP contribution in [0.15, 0.2) is 24.3 Å². The first-order valence-electron chi connectivity index (χ1n) is 4.09. The lowest BCUT2D eigenvalue weighted by atomic mass is 10.0. The summed E-state index contributed by atoms with van der Waals surface area (Å²) < 4.78 is 4.72. The Hall–Kier alpha value is -0.470. The van der Waals surface area contributed by atoms with Crippen molar-refractivity contribution in [1.82, 2.24) is 0 Å². The van der Waals surface area contributed by atoms with Crippen molar-refractivity contribution >= 4 is 12.9 Å². The van der Waals surface area contributed by atoms with Crippen LogP contribution in [0, 0.1) is 0 Å². The van der Waals surface area contributed by atoms with Crippen molar-refractivity contribution in [3.8, 4) is 0 Å². The van der Waals surface area contributed by atoms with Gasteiger partial charge in [0.25, 0.3) is 0 Å². The maximum absolute atomic E-state index is 4.72. The smallest absolute Gasteiger partial charge is 0.0861 e. The van der Waals surface area contributed by atoms with E-state index in [1.54, 1.807) is 0 Å². The summed E-state index contributed by atoms with van der Waals surface area (Å²) in [5, 5.41) is 0. The molecular formula is C10H14OS. The molecule has 0 aliphatic rings. The highest BCUT2D eigenvalue weighted by Gasteiger charge is 1.97. The van der Waals surface area contributed by atoms with Crippen LogP contribution in [0.4, 0.5) is 0 Å². The first-order chi connectivity index (χ1) is 5.74. The Bertz CT molecular complexity index is 228. The van der Waals surface area contributed by atoms with Gasteiger partial charge < -0.3 is 4.18 Å². The molecule has 1 rings (SSSR count). The van der Waals surface area contributed by atoms with Crippen LogP contribution in [0.25, 0.3) is 0 Å². The van der Waals surface area contributed by atoms with Gasteiger partial charge in [-0.15, -0.1) is 0 Å². The summed E-state index contributed by atoms with van der Waals surface area (Å²) in [6.45, 7) is 4.94. The molecule has 0 amide bonds. The Labute approximate surface area is 79.4 Å². The van der Waals surface area contributed by atoms with E-state index in [4.69, 9.17) is 4.18 Å². The van der Waals surface area contributed by atoms with Crippen molar-refractivity contribution in [3.63, 3.8) is 0 Å². The van der Waals surface area contributed by atoms with E-state index < -0.39 is 0 Å². The third-order valence-corrected chi connectivity index (χ3v) is 2.01. The van der Waals surface area contributed by atoms with E-state index in [0.717, 1.165) is 5.56 Å². The van der Waals surface area contributed by atoms with E-state index in [0.29, 0.717) is 12.5 Å². The van der Waals surface area contributed by atoms with Crippen LogP contribution in [0.2, 0.25) is 0 Å². The molecule has 0 aliphatic carbocycles. The normalized spacial score (nSPS) is 10.7. The molecule has 66 valence electrons. The Kier molecular flexibility index (Phi) is 3.63. The topological polar surface area (TPSA) is 9.23 Å². The monoisotopic (exact) mass is 182 g/mol. The number of thiol groups is 1. The Morgan fingerprint density at radius 1 is 1.25 bits per heavy atom. The molecule has 0 spiro atoms. The third-order valence-electron chi connectivity index (χ3n) is 1.88. The molecule has 2 heteroatoms. The van der Waals surface area contributed by atoms with Gasteiger partial charge in [0.15, 0.2) is 0 Å². The molecule has 0 fully saturated rings. The predicted octanol–water partition coefficient (Wildman–Crippen LogP) is 3.17. The first kappa shape index (κ1) is 9.62. The Morgan fingerprint density at radius 3 is 2.25 bits per heavy atom. The number of hydrogen-bond acceptors (Lipinski definition) is 2. The van der Waals surface area contributed by atoms with Crippen molar-refractivity contribution < 1.29 is 4.18 Å². The second-order valence-electron chi connectivity index (χ2n) is 3.17. The maximum Gasteiger partial charge on any atom is 0.0861 e. The van der Waals surface area contributed by atoms with E-state index in [1.165, 1.54) is 5.56 Å². The van der Waals surface area contributed by atoms with E-state index in [9.17, 15) is 0 Å². The Balaban J connectivity index is 2.71. The highest BCUT2D eigenvalue weighted by atomic mass is 32.1. The molecule has 0 saturated heterocycles. The van der Waals surface area contributed by atoms with Gasteiger partial charge in [-0.3, -0.25) is 0 Å². The zero-order chi connectivity index (χ0) is 8.97. The molecule has 0 atom stereocenters. The van der Waals surface area contributed by atoms with E-state index in [2.05, 4.69) is 51.0 Å². The minimum atomic E-state index is 0.571. The van der Waals surface area contributed by atoms with Crippen LogP contribution in [-0.4, -0.2) is 0 Å². The highest BCUT2D eigenvalue weighted by Crippen LogP contribution is 2.15. The molecule has 0 N–H and O–H groups in total. The summed E-state index contributed by atoms with van der Waals surface area (Å²) in [6.07, 6.45) is 0. The molecule has 1 nitrogen and oxygen atoms in total. The molecular weight excluding hydrogens is 168 g/mol. The Morgan fingerprint density at radius 2 is 1.83 bits per heavy atom. The fraction of sp³-hybridized carbons (Fsp3) is 0.400. The third kappa shape index (κ3) is 2.54. The largest absolute Gasteiger partial charge is 0.314 e. The van der Waals surface area contributed by atoms with Gasteiger partial charge in [0.1, 0.15) is 0 Å². The fourth-order valence-electron chi connectivity index (χ4n) is 1.07. The molecule has 0 unspecified atom stereocenters. The van der Waals surface area contributed by atoms with Crippen molar-refractivity contribution in [1.29, 1.82) is 0 Å². The molecule has 0 aromatic heterocycles. The van der Waals surface area contributed by atoms with Crippen LogP contribution in [0.3, 0.4) is 0 Å². The number of benzene rings is 1. The maximum atomic E-state index is 4.72. The lowest BCUT2D eigenvalue weighted by Gasteiger charge is -2.05. The average Bonchev–Trinajstić information content (AvgIpc) is 2.06. The minimum absolute atomic E-state index is 0.571. The van der Waals surface area contributed by atoms with Gasteiger partial charge in [-0.1, -0.05) is 38.1 Å². The molecule has 0 aliphatic heterocycles. The molecule has 1 aromatic rings. The zero-order valence-electron chi connectivity index (χ0n) is 7.45. The SMILES string of the molecule is CC(C)c1ccc(COS)cc1. The quantitative estimate of drug-likeness (QED) is 0.558. The van der Waals surface area contributed by atoms with Crippen molar-refractivity contribution in [2.24, 2.45) is 0 Å². The number of rotatable bonds is 3. The molecule has 0 saturated carbocycles. The van der Waals surface area contributed by atoms with Gasteiger partial charge in [-0.05, 0) is 30.0 Å². The predicted molar refractivity (Wildman–Crippen MR) is 54.3 cm³/mol. The molecule has 1 aromatic carbocycles. The lowest BCUT2D eigenvalue weighted by molar-refractivity contribution is 0.372. The summed E-state index contributed by atoms with van der Waals surface area (Å²) in [5.41, 5.74) is 2.52. The van der Waals surface area contributed by atoms with Crippen LogP contribution in [0.1, 0.15) is 30.9 Å². The zero-order valence-corrected chi connectivity index (χ0v) is 8.34. The van der Waals surface area contributed by atoms with Gasteiger partial charge >= 0.3 is 0 Å². The minimum Gasteiger partial charge on any atom is -0.314 e. The standard InChI is InChI=1S/C10H14OS/c1-8(2)10-5-3-9(4-6-10)7-11-12/h3-6,8,12H,7H2,1-2H3. The van der Waals surface area contributed by atoms with Crippen molar-refractivity contribution in [3.05, 3.63) is 35.4 Å². The number of hydrogen-bond donors (Lipinski definition) is 1. The molecule has 0 radical (unpaired) electrons. The summed E-state index contributed by atoms with van der Waals surface area (Å²) in [5.74, 6) is 0.593. The van der Waals surface area contributed by atoms with Gasteiger partial charge in [0.05, 0.1) is 6.61 Å². The molecule has 12 heavy (non-hydrogen) atoms. The average molecular weight is 182 g/mol. The van der Waals surface area contributed by atoms with Crippen LogP contribution in [-0.2, 0) is 10.8 Å². The van der Waals surface area contributed by atoms with Gasteiger partial charge in [-0.2, -0.15) is 0 Å². The van der Waals surface area contributed by atoms with Crippen molar-refractivity contribution in [2.75, 3.05) is 0 Å². The van der Waals surface area contributed by atoms with Gasteiger partial charge in [-0.25, -0.2) is 0 Å². The summed E-state index contributed by atoms with van der Waals surface area (Å²) in [7, 11) is 0. The van der Waals surface area contributed by atoms with Crippen LogP contribution < -0.4 is 0 Å². The van der Waals surface area contributed by atoms with E-state index in [-0.39, 0.29) is 0 Å². The summed E-state index contributed by atoms with van der Waals surface area (Å²) in [4.78, 5) is 0. The summed E-state index contributed by atoms with van der Waals surface area (Å²) >= 11 is 3.70. The summed E-state index contributed by atoms with van der Waals surface area (Å²) in [6, 6.07) is 8.41. The van der Waals surface area contributed by atoms with Crippen LogP contribution in [0.5, 0.6) is 0 Å². The molecule has 0 heterocycles. The van der Waals surface area contributed by atoms with Gasteiger partial charge in [0.2, 0.25) is 0 Å². The lowest BCUT2D eigenvalue weighted by Crippen LogP contribution is -1.88. The first-order valence-corrected chi connectivity index (χ1v) is 4.45. The van der Waals surface area contributed by atoms with Gasteiger partial charge in [0, 0.05) is 0 Å². The second kappa shape index (κ2) is 4.53. The fourth-order valence-corrected chi connectivity index (χ4v) is 1.22. The highest BCUT2D eigenvalue weighted by molar-refractivity contribution is 7.75. The second-order valence-corrected chi connectivity index (χ2v) is 3.43. The molecule has 0 bridgehead atoms. The van der Waals surface area contributed by atoms with Crippen molar-refractivity contribution in [2.45, 2.75) is 26.4 Å².